The van der Waals surface area contributed by atoms with Crippen LogP contribution < -0.4 is 5.32 Å². The fourth-order valence-electron chi connectivity index (χ4n) is 2.86. The van der Waals surface area contributed by atoms with Gasteiger partial charge in [-0.3, -0.25) is 4.79 Å². The number of nitrogens with one attached hydrogen (secondary N) is 1. The first kappa shape index (κ1) is 13.8. The van der Waals surface area contributed by atoms with E-state index in [1.807, 2.05) is 30.3 Å². The molecule has 21 heavy (non-hydrogen) atoms. The summed E-state index contributed by atoms with van der Waals surface area (Å²) in [5.41, 5.74) is 1.08. The van der Waals surface area contributed by atoms with Crippen LogP contribution in [0.1, 0.15) is 54.3 Å². The Bertz CT molecular complexity index is 587. The highest BCUT2D eigenvalue weighted by Crippen LogP contribution is 2.27. The Balaban J connectivity index is 1.66. The van der Waals surface area contributed by atoms with Gasteiger partial charge in [0.1, 0.15) is 6.33 Å². The fourth-order valence-corrected chi connectivity index (χ4v) is 2.86. The third kappa shape index (κ3) is 3.29. The first-order valence-electron chi connectivity index (χ1n) is 7.56. The molecule has 0 spiro atoms. The zero-order valence-electron chi connectivity index (χ0n) is 12.0. The molecule has 110 valence electrons. The number of rotatable bonds is 4. The van der Waals surface area contributed by atoms with Crippen molar-refractivity contribution in [3.05, 3.63) is 48.0 Å². The third-order valence-electron chi connectivity index (χ3n) is 3.99. The Morgan fingerprint density at radius 1 is 1.19 bits per heavy atom. The Morgan fingerprint density at radius 2 is 1.95 bits per heavy atom. The van der Waals surface area contributed by atoms with E-state index in [1.165, 1.54) is 25.6 Å². The SMILES string of the molecule is O=C(NCc1ccccc1)c1ncnn1C1CCCCC1. The van der Waals surface area contributed by atoms with Gasteiger partial charge >= 0.3 is 0 Å². The van der Waals surface area contributed by atoms with E-state index < -0.39 is 0 Å². The highest BCUT2D eigenvalue weighted by molar-refractivity contribution is 5.90. The summed E-state index contributed by atoms with van der Waals surface area (Å²) in [5.74, 6) is 0.278. The molecule has 1 aromatic heterocycles. The van der Waals surface area contributed by atoms with Crippen LogP contribution >= 0.6 is 0 Å². The Morgan fingerprint density at radius 3 is 2.71 bits per heavy atom. The minimum Gasteiger partial charge on any atom is -0.345 e. The lowest BCUT2D eigenvalue weighted by Crippen LogP contribution is -2.28. The molecule has 1 amide bonds. The molecule has 3 rings (SSSR count). The number of hydrogen-bond acceptors (Lipinski definition) is 3. The van der Waals surface area contributed by atoms with Gasteiger partial charge in [0.2, 0.25) is 5.82 Å². The summed E-state index contributed by atoms with van der Waals surface area (Å²) in [6.07, 6.45) is 7.34. The van der Waals surface area contributed by atoms with E-state index in [4.69, 9.17) is 0 Å². The first-order chi connectivity index (χ1) is 10.3. The molecule has 0 aliphatic heterocycles. The Hall–Kier alpha value is -2.17. The zero-order chi connectivity index (χ0) is 14.5. The Labute approximate surface area is 124 Å². The predicted octanol–water partition coefficient (Wildman–Crippen LogP) is 2.71. The smallest absolute Gasteiger partial charge is 0.289 e. The van der Waals surface area contributed by atoms with Crippen molar-refractivity contribution in [2.24, 2.45) is 0 Å². The molecule has 0 unspecified atom stereocenters. The predicted molar refractivity (Wildman–Crippen MR) is 79.8 cm³/mol. The van der Waals surface area contributed by atoms with Crippen LogP contribution in [0.5, 0.6) is 0 Å². The van der Waals surface area contributed by atoms with Crippen LogP contribution in [0.15, 0.2) is 36.7 Å². The van der Waals surface area contributed by atoms with Gasteiger partial charge in [-0.05, 0) is 18.4 Å². The molecular weight excluding hydrogens is 264 g/mol. The molecule has 1 aliphatic rings. The quantitative estimate of drug-likeness (QED) is 0.939. The molecule has 1 heterocycles. The second kappa shape index (κ2) is 6.52. The molecule has 1 aromatic carbocycles. The lowest BCUT2D eigenvalue weighted by Gasteiger charge is -2.22. The fraction of sp³-hybridized carbons (Fsp3) is 0.438. The highest BCUT2D eigenvalue weighted by Gasteiger charge is 2.22. The normalized spacial score (nSPS) is 15.8. The maximum absolute atomic E-state index is 12.3. The number of carbonyl (C=O) groups is 1. The summed E-state index contributed by atoms with van der Waals surface area (Å²) in [4.78, 5) is 16.5. The summed E-state index contributed by atoms with van der Waals surface area (Å²) in [6.45, 7) is 0.511. The molecule has 1 N–H and O–H groups in total. The average Bonchev–Trinajstić information content (AvgIpc) is 3.04. The van der Waals surface area contributed by atoms with Crippen LogP contribution in [0.4, 0.5) is 0 Å². The van der Waals surface area contributed by atoms with Gasteiger partial charge in [0.25, 0.3) is 5.91 Å². The van der Waals surface area contributed by atoms with Crippen molar-refractivity contribution >= 4 is 5.91 Å². The van der Waals surface area contributed by atoms with Crippen molar-refractivity contribution in [3.8, 4) is 0 Å². The first-order valence-corrected chi connectivity index (χ1v) is 7.56. The van der Waals surface area contributed by atoms with Gasteiger partial charge in [0.05, 0.1) is 6.04 Å². The number of carbonyl (C=O) groups excluding carboxylic acids is 1. The van der Waals surface area contributed by atoms with E-state index in [0.717, 1.165) is 18.4 Å². The summed E-state index contributed by atoms with van der Waals surface area (Å²) < 4.78 is 1.81. The van der Waals surface area contributed by atoms with Gasteiger partial charge in [-0.1, -0.05) is 49.6 Å². The van der Waals surface area contributed by atoms with E-state index in [0.29, 0.717) is 18.4 Å². The van der Waals surface area contributed by atoms with Crippen molar-refractivity contribution in [1.29, 1.82) is 0 Å². The van der Waals surface area contributed by atoms with Crippen molar-refractivity contribution in [3.63, 3.8) is 0 Å². The van der Waals surface area contributed by atoms with E-state index >= 15 is 0 Å². The molecule has 0 bridgehead atoms. The van der Waals surface area contributed by atoms with E-state index in [-0.39, 0.29) is 5.91 Å². The van der Waals surface area contributed by atoms with Crippen LogP contribution in [-0.2, 0) is 6.54 Å². The number of amides is 1. The second-order valence-electron chi connectivity index (χ2n) is 5.49. The largest absolute Gasteiger partial charge is 0.345 e. The maximum Gasteiger partial charge on any atom is 0.289 e. The van der Waals surface area contributed by atoms with Crippen LogP contribution in [0, 0.1) is 0 Å². The average molecular weight is 284 g/mol. The van der Waals surface area contributed by atoms with Crippen molar-refractivity contribution in [2.45, 2.75) is 44.7 Å². The molecule has 5 heteroatoms. The van der Waals surface area contributed by atoms with E-state index in [2.05, 4.69) is 15.4 Å². The molecular formula is C16H20N4O. The minimum absolute atomic E-state index is 0.151. The van der Waals surface area contributed by atoms with Gasteiger partial charge < -0.3 is 5.32 Å². The topological polar surface area (TPSA) is 59.8 Å². The van der Waals surface area contributed by atoms with Crippen LogP contribution in [-0.4, -0.2) is 20.7 Å². The monoisotopic (exact) mass is 284 g/mol. The number of hydrogen-bond donors (Lipinski definition) is 1. The molecule has 1 fully saturated rings. The van der Waals surface area contributed by atoms with Gasteiger partial charge in [-0.15, -0.1) is 0 Å². The lowest BCUT2D eigenvalue weighted by atomic mass is 9.95. The van der Waals surface area contributed by atoms with Crippen molar-refractivity contribution in [1.82, 2.24) is 20.1 Å². The lowest BCUT2D eigenvalue weighted by molar-refractivity contribution is 0.0929. The maximum atomic E-state index is 12.3. The summed E-state index contributed by atoms with van der Waals surface area (Å²) >= 11 is 0. The second-order valence-corrected chi connectivity index (χ2v) is 5.49. The zero-order valence-corrected chi connectivity index (χ0v) is 12.0. The Kier molecular flexibility index (Phi) is 4.28. The number of aromatic nitrogens is 3. The van der Waals surface area contributed by atoms with Gasteiger partial charge in [-0.2, -0.15) is 5.10 Å². The number of nitrogens with zero attached hydrogens (tertiary/aromatic N) is 3. The standard InChI is InChI=1S/C16H20N4O/c21-16(17-11-13-7-3-1-4-8-13)15-18-12-19-20(15)14-9-5-2-6-10-14/h1,3-4,7-8,12,14H,2,5-6,9-11H2,(H,17,21). The van der Waals surface area contributed by atoms with Gasteiger partial charge in [-0.25, -0.2) is 9.67 Å². The molecule has 0 atom stereocenters. The molecule has 5 nitrogen and oxygen atoms in total. The van der Waals surface area contributed by atoms with Gasteiger partial charge in [0, 0.05) is 6.54 Å². The molecule has 0 radical (unpaired) electrons. The van der Waals surface area contributed by atoms with E-state index in [9.17, 15) is 4.79 Å². The molecule has 1 aliphatic carbocycles. The van der Waals surface area contributed by atoms with Crippen LogP contribution in [0.25, 0.3) is 0 Å². The van der Waals surface area contributed by atoms with Gasteiger partial charge in [0.15, 0.2) is 0 Å². The molecule has 0 saturated heterocycles. The molecule has 2 aromatic rings. The summed E-state index contributed by atoms with van der Waals surface area (Å²) in [5, 5.41) is 7.18. The van der Waals surface area contributed by atoms with E-state index in [1.54, 1.807) is 4.68 Å². The van der Waals surface area contributed by atoms with Crippen LogP contribution in [0.2, 0.25) is 0 Å². The minimum atomic E-state index is -0.151. The molecule has 1 saturated carbocycles. The summed E-state index contributed by atoms with van der Waals surface area (Å²) in [7, 11) is 0. The summed E-state index contributed by atoms with van der Waals surface area (Å²) in [6, 6.07) is 10.2. The highest BCUT2D eigenvalue weighted by atomic mass is 16.2. The number of benzene rings is 1. The van der Waals surface area contributed by atoms with Crippen molar-refractivity contribution in [2.75, 3.05) is 0 Å². The third-order valence-corrected chi connectivity index (χ3v) is 3.99. The van der Waals surface area contributed by atoms with Crippen molar-refractivity contribution < 1.29 is 4.79 Å². The van der Waals surface area contributed by atoms with Crippen LogP contribution in [0.3, 0.4) is 0 Å².